The van der Waals surface area contributed by atoms with Crippen molar-refractivity contribution in [3.63, 3.8) is 0 Å². The van der Waals surface area contributed by atoms with Crippen molar-refractivity contribution in [3.05, 3.63) is 42.0 Å². The third-order valence-electron chi connectivity index (χ3n) is 2.94. The number of alkyl halides is 3. The Labute approximate surface area is 116 Å². The SMILES string of the molecule is Nc1c(Nc2cccc(C(F)(F)F)c2)ccc2nonc12. The predicted octanol–water partition coefficient (Wildman–Crippen LogP) is 3.57. The fourth-order valence-corrected chi connectivity index (χ4v) is 1.91. The first-order valence-electron chi connectivity index (χ1n) is 5.90. The zero-order valence-corrected chi connectivity index (χ0v) is 10.5. The van der Waals surface area contributed by atoms with Crippen LogP contribution in [0.3, 0.4) is 0 Å². The van der Waals surface area contributed by atoms with Gasteiger partial charge in [-0.15, -0.1) is 0 Å². The second kappa shape index (κ2) is 4.65. The van der Waals surface area contributed by atoms with E-state index in [1.165, 1.54) is 12.1 Å². The molecule has 0 atom stereocenters. The van der Waals surface area contributed by atoms with Gasteiger partial charge in [0.25, 0.3) is 0 Å². The Morgan fingerprint density at radius 3 is 2.67 bits per heavy atom. The summed E-state index contributed by atoms with van der Waals surface area (Å²) in [6, 6.07) is 8.04. The van der Waals surface area contributed by atoms with E-state index in [0.717, 1.165) is 12.1 Å². The summed E-state index contributed by atoms with van der Waals surface area (Å²) >= 11 is 0. The Balaban J connectivity index is 1.97. The lowest BCUT2D eigenvalue weighted by atomic mass is 10.1. The maximum Gasteiger partial charge on any atom is 0.416 e. The molecule has 3 aromatic rings. The van der Waals surface area contributed by atoms with E-state index in [4.69, 9.17) is 5.73 Å². The van der Waals surface area contributed by atoms with Gasteiger partial charge < -0.3 is 11.1 Å². The van der Waals surface area contributed by atoms with Crippen molar-refractivity contribution in [1.29, 1.82) is 0 Å². The van der Waals surface area contributed by atoms with Crippen molar-refractivity contribution in [2.24, 2.45) is 0 Å². The van der Waals surface area contributed by atoms with Crippen LogP contribution < -0.4 is 11.1 Å². The Kier molecular flexibility index (Phi) is 2.93. The molecule has 0 saturated heterocycles. The third kappa shape index (κ3) is 2.47. The summed E-state index contributed by atoms with van der Waals surface area (Å²) in [7, 11) is 0. The molecular formula is C13H9F3N4O. The van der Waals surface area contributed by atoms with Crippen LogP contribution in [0.1, 0.15) is 5.56 Å². The third-order valence-corrected chi connectivity index (χ3v) is 2.94. The Hall–Kier alpha value is -2.77. The van der Waals surface area contributed by atoms with Gasteiger partial charge in [-0.25, -0.2) is 4.63 Å². The maximum absolute atomic E-state index is 12.7. The van der Waals surface area contributed by atoms with Gasteiger partial charge in [0.15, 0.2) is 5.52 Å². The van der Waals surface area contributed by atoms with E-state index < -0.39 is 11.7 Å². The Morgan fingerprint density at radius 2 is 1.90 bits per heavy atom. The van der Waals surface area contributed by atoms with E-state index >= 15 is 0 Å². The molecule has 5 nitrogen and oxygen atoms in total. The van der Waals surface area contributed by atoms with Crippen molar-refractivity contribution in [2.75, 3.05) is 11.1 Å². The number of hydrogen-bond donors (Lipinski definition) is 2. The minimum Gasteiger partial charge on any atom is -0.395 e. The van der Waals surface area contributed by atoms with E-state index in [-0.39, 0.29) is 11.4 Å². The number of nitrogens with one attached hydrogen (secondary N) is 1. The first-order chi connectivity index (χ1) is 9.95. The molecule has 21 heavy (non-hydrogen) atoms. The molecule has 0 radical (unpaired) electrons. The number of rotatable bonds is 2. The van der Waals surface area contributed by atoms with E-state index in [0.29, 0.717) is 16.7 Å². The number of halogens is 3. The molecule has 0 saturated carbocycles. The van der Waals surface area contributed by atoms with Crippen LogP contribution in [0.5, 0.6) is 0 Å². The number of aromatic nitrogens is 2. The van der Waals surface area contributed by atoms with Crippen molar-refractivity contribution < 1.29 is 17.8 Å². The van der Waals surface area contributed by atoms with Gasteiger partial charge in [-0.2, -0.15) is 13.2 Å². The number of fused-ring (bicyclic) bond motifs is 1. The summed E-state index contributed by atoms with van der Waals surface area (Å²) in [5.74, 6) is 0. The highest BCUT2D eigenvalue weighted by Gasteiger charge is 2.30. The molecule has 1 heterocycles. The Bertz CT molecular complexity index is 797. The number of nitrogen functional groups attached to an aromatic ring is 1. The lowest BCUT2D eigenvalue weighted by molar-refractivity contribution is -0.137. The summed E-state index contributed by atoms with van der Waals surface area (Å²) in [4.78, 5) is 0. The summed E-state index contributed by atoms with van der Waals surface area (Å²) in [6.45, 7) is 0. The van der Waals surface area contributed by atoms with Gasteiger partial charge in [-0.05, 0) is 40.6 Å². The fraction of sp³-hybridized carbons (Fsp3) is 0.0769. The molecule has 0 unspecified atom stereocenters. The predicted molar refractivity (Wildman–Crippen MR) is 70.9 cm³/mol. The molecule has 1 aromatic heterocycles. The molecule has 3 N–H and O–H groups in total. The fourth-order valence-electron chi connectivity index (χ4n) is 1.91. The highest BCUT2D eigenvalue weighted by Crippen LogP contribution is 2.33. The van der Waals surface area contributed by atoms with Gasteiger partial charge in [0, 0.05) is 5.69 Å². The molecule has 3 rings (SSSR count). The second-order valence-electron chi connectivity index (χ2n) is 4.36. The van der Waals surface area contributed by atoms with Gasteiger partial charge in [0.2, 0.25) is 0 Å². The molecular weight excluding hydrogens is 285 g/mol. The summed E-state index contributed by atoms with van der Waals surface area (Å²) in [6.07, 6.45) is -4.40. The highest BCUT2D eigenvalue weighted by atomic mass is 19.4. The molecule has 108 valence electrons. The Morgan fingerprint density at radius 1 is 1.10 bits per heavy atom. The van der Waals surface area contributed by atoms with E-state index in [1.807, 2.05) is 0 Å². The zero-order chi connectivity index (χ0) is 15.0. The molecule has 8 heteroatoms. The smallest absolute Gasteiger partial charge is 0.395 e. The quantitative estimate of drug-likeness (QED) is 0.706. The molecule has 0 aliphatic heterocycles. The molecule has 2 aromatic carbocycles. The number of nitrogens with two attached hydrogens (primary N) is 1. The van der Waals surface area contributed by atoms with Gasteiger partial charge in [-0.1, -0.05) is 6.07 Å². The van der Waals surface area contributed by atoms with Crippen LogP contribution in [0.15, 0.2) is 41.0 Å². The first-order valence-corrected chi connectivity index (χ1v) is 5.90. The first kappa shape index (κ1) is 13.2. The van der Waals surface area contributed by atoms with Gasteiger partial charge in [0.1, 0.15) is 5.52 Å². The largest absolute Gasteiger partial charge is 0.416 e. The monoisotopic (exact) mass is 294 g/mol. The van der Waals surface area contributed by atoms with Crippen molar-refractivity contribution >= 4 is 28.1 Å². The van der Waals surface area contributed by atoms with Crippen molar-refractivity contribution in [3.8, 4) is 0 Å². The molecule has 0 spiro atoms. The van der Waals surface area contributed by atoms with Crippen LogP contribution in [-0.4, -0.2) is 10.3 Å². The molecule has 0 bridgehead atoms. The van der Waals surface area contributed by atoms with Gasteiger partial charge >= 0.3 is 6.18 Å². The molecule has 0 amide bonds. The standard InChI is InChI=1S/C13H9F3N4O/c14-13(15,16)7-2-1-3-8(6-7)18-9-4-5-10-12(11(9)17)20-21-19-10/h1-6,18H,17H2. The van der Waals surface area contributed by atoms with E-state index in [9.17, 15) is 13.2 Å². The van der Waals surface area contributed by atoms with Crippen molar-refractivity contribution in [2.45, 2.75) is 6.18 Å². The minimum atomic E-state index is -4.40. The average molecular weight is 294 g/mol. The lowest BCUT2D eigenvalue weighted by Gasteiger charge is -2.12. The number of anilines is 3. The summed E-state index contributed by atoms with van der Waals surface area (Å²) in [5, 5.41) is 10.1. The van der Waals surface area contributed by atoms with E-state index in [1.54, 1.807) is 12.1 Å². The van der Waals surface area contributed by atoms with Crippen LogP contribution in [0.2, 0.25) is 0 Å². The second-order valence-corrected chi connectivity index (χ2v) is 4.36. The van der Waals surface area contributed by atoms with E-state index in [2.05, 4.69) is 20.3 Å². The maximum atomic E-state index is 12.7. The van der Waals surface area contributed by atoms with Crippen LogP contribution >= 0.6 is 0 Å². The highest BCUT2D eigenvalue weighted by molar-refractivity contribution is 5.94. The average Bonchev–Trinajstić information content (AvgIpc) is 2.91. The number of nitrogens with zero attached hydrogens (tertiary/aromatic N) is 2. The molecule has 0 fully saturated rings. The van der Waals surface area contributed by atoms with Crippen LogP contribution in [-0.2, 0) is 6.18 Å². The summed E-state index contributed by atoms with van der Waals surface area (Å²) in [5.41, 5.74) is 6.93. The number of hydrogen-bond acceptors (Lipinski definition) is 5. The lowest BCUT2D eigenvalue weighted by Crippen LogP contribution is -2.05. The minimum absolute atomic E-state index is 0.256. The van der Waals surface area contributed by atoms with Crippen LogP contribution in [0.25, 0.3) is 11.0 Å². The molecule has 0 aliphatic rings. The van der Waals surface area contributed by atoms with Crippen LogP contribution in [0, 0.1) is 0 Å². The van der Waals surface area contributed by atoms with Crippen molar-refractivity contribution in [1.82, 2.24) is 10.3 Å². The van der Waals surface area contributed by atoms with Gasteiger partial charge in [-0.3, -0.25) is 0 Å². The zero-order valence-electron chi connectivity index (χ0n) is 10.5. The normalized spacial score (nSPS) is 11.8. The van der Waals surface area contributed by atoms with Crippen LogP contribution in [0.4, 0.5) is 30.2 Å². The summed E-state index contributed by atoms with van der Waals surface area (Å²) < 4.78 is 42.6. The number of benzene rings is 2. The molecule has 0 aliphatic carbocycles. The topological polar surface area (TPSA) is 77.0 Å². The van der Waals surface area contributed by atoms with Gasteiger partial charge in [0.05, 0.1) is 16.9 Å².